The van der Waals surface area contributed by atoms with Crippen LogP contribution in [0.4, 0.5) is 0 Å². The van der Waals surface area contributed by atoms with Crippen molar-refractivity contribution < 1.29 is 23.4 Å². The summed E-state index contributed by atoms with van der Waals surface area (Å²) in [6, 6.07) is 30.8. The van der Waals surface area contributed by atoms with E-state index in [4.69, 9.17) is 23.4 Å². The third-order valence-corrected chi connectivity index (χ3v) is 14.2. The van der Waals surface area contributed by atoms with Crippen LogP contribution in [0.3, 0.4) is 0 Å². The number of hydrogen-bond donors (Lipinski definition) is 0. The van der Waals surface area contributed by atoms with Gasteiger partial charge in [-0.2, -0.15) is 0 Å². The summed E-state index contributed by atoms with van der Waals surface area (Å²) in [7, 11) is -2.06. The Morgan fingerprint density at radius 3 is 1.59 bits per heavy atom. The van der Waals surface area contributed by atoms with Gasteiger partial charge in [-0.15, -0.1) is 11.8 Å². The lowest BCUT2D eigenvalue weighted by Crippen LogP contribution is -2.61. The maximum atomic E-state index is 6.92. The quantitative estimate of drug-likeness (QED) is 0.123. The fourth-order valence-corrected chi connectivity index (χ4v) is 6.85. The number of thioether (sulfide) groups is 1. The zero-order valence-electron chi connectivity index (χ0n) is 27.2. The Morgan fingerprint density at radius 2 is 1.16 bits per heavy atom. The van der Waals surface area contributed by atoms with Crippen molar-refractivity contribution in [3.63, 3.8) is 0 Å². The number of rotatable bonds is 15. The SMILES string of the molecule is C=C(C)CSC1O[C@H](CO[Si](C)(C)C(C)(C)C)[C@@H](OCc2ccccc2)[C@H](OCc2ccccc2)[C@H]1OCc1ccccc1. The lowest BCUT2D eigenvalue weighted by Gasteiger charge is -2.47. The van der Waals surface area contributed by atoms with Crippen molar-refractivity contribution in [2.45, 2.75) is 95.5 Å². The molecule has 0 radical (unpaired) electrons. The Kier molecular flexibility index (Phi) is 12.9. The van der Waals surface area contributed by atoms with E-state index < -0.39 is 20.5 Å². The van der Waals surface area contributed by atoms with Gasteiger partial charge in [0.25, 0.3) is 0 Å². The van der Waals surface area contributed by atoms with E-state index in [1.807, 2.05) is 61.5 Å². The Balaban J connectivity index is 1.68. The molecule has 0 aliphatic carbocycles. The van der Waals surface area contributed by atoms with E-state index in [0.717, 1.165) is 28.0 Å². The highest BCUT2D eigenvalue weighted by molar-refractivity contribution is 8.00. The van der Waals surface area contributed by atoms with Crippen molar-refractivity contribution in [1.29, 1.82) is 0 Å². The topological polar surface area (TPSA) is 46.2 Å². The van der Waals surface area contributed by atoms with E-state index >= 15 is 0 Å². The second kappa shape index (κ2) is 16.4. The van der Waals surface area contributed by atoms with Gasteiger partial charge in [0.1, 0.15) is 29.9 Å². The summed E-state index contributed by atoms with van der Waals surface area (Å²) < 4.78 is 34.0. The molecular weight excluding hydrogens is 585 g/mol. The molecule has 5 atom stereocenters. The zero-order chi connectivity index (χ0) is 31.6. The highest BCUT2D eigenvalue weighted by atomic mass is 32.2. The molecule has 0 spiro atoms. The molecule has 1 saturated heterocycles. The third-order valence-electron chi connectivity index (χ3n) is 8.36. The molecule has 1 fully saturated rings. The van der Waals surface area contributed by atoms with Crippen LogP contribution in [0.2, 0.25) is 18.1 Å². The van der Waals surface area contributed by atoms with Gasteiger partial charge in [-0.05, 0) is 41.7 Å². The van der Waals surface area contributed by atoms with Crippen LogP contribution in [-0.2, 0) is 43.2 Å². The Labute approximate surface area is 270 Å². The third kappa shape index (κ3) is 10.1. The van der Waals surface area contributed by atoms with Gasteiger partial charge < -0.3 is 23.4 Å². The first kappa shape index (κ1) is 34.6. The molecule has 1 heterocycles. The van der Waals surface area contributed by atoms with Crippen LogP contribution in [0.15, 0.2) is 103 Å². The molecule has 1 aliphatic rings. The van der Waals surface area contributed by atoms with E-state index in [1.54, 1.807) is 11.8 Å². The minimum absolute atomic E-state index is 0.0701. The van der Waals surface area contributed by atoms with Crippen LogP contribution in [0, 0.1) is 0 Å². The van der Waals surface area contributed by atoms with E-state index in [0.29, 0.717) is 26.4 Å². The summed E-state index contributed by atoms with van der Waals surface area (Å²) in [4.78, 5) is 0. The average molecular weight is 635 g/mol. The number of benzene rings is 3. The second-order valence-electron chi connectivity index (χ2n) is 13.2. The molecule has 1 unspecified atom stereocenters. The Morgan fingerprint density at radius 1 is 0.727 bits per heavy atom. The van der Waals surface area contributed by atoms with Gasteiger partial charge in [0.05, 0.1) is 26.4 Å². The van der Waals surface area contributed by atoms with Crippen LogP contribution in [0.1, 0.15) is 44.4 Å². The van der Waals surface area contributed by atoms with Gasteiger partial charge in [-0.25, -0.2) is 0 Å². The molecule has 3 aromatic rings. The van der Waals surface area contributed by atoms with Crippen molar-refractivity contribution in [1.82, 2.24) is 0 Å². The van der Waals surface area contributed by atoms with Crippen molar-refractivity contribution in [2.75, 3.05) is 12.4 Å². The van der Waals surface area contributed by atoms with Crippen LogP contribution in [0.5, 0.6) is 0 Å². The number of ether oxygens (including phenoxy) is 4. The van der Waals surface area contributed by atoms with Crippen molar-refractivity contribution in [3.8, 4) is 0 Å². The van der Waals surface area contributed by atoms with Gasteiger partial charge in [-0.1, -0.05) is 124 Å². The predicted octanol–water partition coefficient (Wildman–Crippen LogP) is 8.80. The molecule has 0 bridgehead atoms. The van der Waals surface area contributed by atoms with Crippen LogP contribution in [-0.4, -0.2) is 50.5 Å². The van der Waals surface area contributed by atoms with E-state index in [9.17, 15) is 0 Å². The van der Waals surface area contributed by atoms with Crippen molar-refractivity contribution >= 4 is 20.1 Å². The first-order valence-corrected chi connectivity index (χ1v) is 19.5. The van der Waals surface area contributed by atoms with Crippen molar-refractivity contribution in [2.24, 2.45) is 0 Å². The molecule has 3 aromatic carbocycles. The van der Waals surface area contributed by atoms with Crippen LogP contribution >= 0.6 is 11.8 Å². The molecule has 0 saturated carbocycles. The molecule has 238 valence electrons. The highest BCUT2D eigenvalue weighted by Gasteiger charge is 2.49. The maximum absolute atomic E-state index is 6.92. The highest BCUT2D eigenvalue weighted by Crippen LogP contribution is 2.39. The summed E-state index contributed by atoms with van der Waals surface area (Å²) in [5.74, 6) is 0.757. The minimum atomic E-state index is -2.06. The minimum Gasteiger partial charge on any atom is -0.414 e. The van der Waals surface area contributed by atoms with Crippen LogP contribution in [0.25, 0.3) is 0 Å². The molecular formula is C37H50O5SSi. The molecule has 7 heteroatoms. The van der Waals surface area contributed by atoms with Gasteiger partial charge in [0.2, 0.25) is 0 Å². The standard InChI is InChI=1S/C37H50O5SSi/c1-28(2)27-43-36-35(40-25-31-21-15-10-16-22-31)34(39-24-30-19-13-9-14-20-30)33(38-23-29-17-11-8-12-18-29)32(42-36)26-41-44(6,7)37(3,4)5/h8-22,32-36H,1,23-27H2,2-7H3/t32-,33-,34+,35-,36?/m1/s1. The zero-order valence-corrected chi connectivity index (χ0v) is 29.1. The molecule has 44 heavy (non-hydrogen) atoms. The summed E-state index contributed by atoms with van der Waals surface area (Å²) in [6.45, 7) is 19.3. The van der Waals surface area contributed by atoms with E-state index in [1.165, 1.54) is 0 Å². The van der Waals surface area contributed by atoms with Gasteiger partial charge in [0.15, 0.2) is 8.32 Å². The molecule has 4 rings (SSSR count). The predicted molar refractivity (Wildman–Crippen MR) is 184 cm³/mol. The lowest BCUT2D eigenvalue weighted by molar-refractivity contribution is -0.251. The second-order valence-corrected chi connectivity index (χ2v) is 19.1. The van der Waals surface area contributed by atoms with Gasteiger partial charge in [0, 0.05) is 5.75 Å². The Bertz CT molecular complexity index is 1270. The van der Waals surface area contributed by atoms with Crippen LogP contribution < -0.4 is 0 Å². The van der Waals surface area contributed by atoms with E-state index in [2.05, 4.69) is 76.8 Å². The van der Waals surface area contributed by atoms with Crippen molar-refractivity contribution in [3.05, 3.63) is 120 Å². The van der Waals surface area contributed by atoms with Gasteiger partial charge in [-0.3, -0.25) is 0 Å². The molecule has 5 nitrogen and oxygen atoms in total. The van der Waals surface area contributed by atoms with Gasteiger partial charge >= 0.3 is 0 Å². The first-order valence-electron chi connectivity index (χ1n) is 15.6. The maximum Gasteiger partial charge on any atom is 0.192 e. The summed E-state index contributed by atoms with van der Waals surface area (Å²) in [6.07, 6.45) is -1.53. The summed E-state index contributed by atoms with van der Waals surface area (Å²) in [5.41, 5.74) is 4.09. The largest absolute Gasteiger partial charge is 0.414 e. The molecule has 0 N–H and O–H groups in total. The Hall–Kier alpha value is -2.23. The summed E-state index contributed by atoms with van der Waals surface area (Å²) in [5, 5.41) is 0.0701. The average Bonchev–Trinajstić information content (AvgIpc) is 3.01. The monoisotopic (exact) mass is 634 g/mol. The number of hydrogen-bond acceptors (Lipinski definition) is 6. The first-order chi connectivity index (χ1) is 21.0. The smallest absolute Gasteiger partial charge is 0.192 e. The molecule has 1 aliphatic heterocycles. The fraction of sp³-hybridized carbons (Fsp3) is 0.459. The normalized spacial score (nSPS) is 22.5. The molecule has 0 amide bonds. The van der Waals surface area contributed by atoms with E-state index in [-0.39, 0.29) is 22.7 Å². The lowest BCUT2D eigenvalue weighted by atomic mass is 9.99. The fourth-order valence-electron chi connectivity index (χ4n) is 4.75. The summed E-state index contributed by atoms with van der Waals surface area (Å²) >= 11 is 1.71. The molecule has 0 aromatic heterocycles.